The van der Waals surface area contributed by atoms with E-state index in [2.05, 4.69) is 32.4 Å². The Balaban J connectivity index is 1.46. The first-order valence-electron chi connectivity index (χ1n) is 8.45. The zero-order valence-electron chi connectivity index (χ0n) is 14.7. The fourth-order valence-corrected chi connectivity index (χ4v) is 3.70. The number of aryl methyl sites for hydroxylation is 1. The van der Waals surface area contributed by atoms with Crippen molar-refractivity contribution in [2.75, 3.05) is 5.32 Å². The van der Waals surface area contributed by atoms with Crippen LogP contribution in [0.15, 0.2) is 67.4 Å². The summed E-state index contributed by atoms with van der Waals surface area (Å²) < 4.78 is 1.80. The number of pyridine rings is 1. The topological polar surface area (TPSA) is 72.7 Å². The second-order valence-electron chi connectivity index (χ2n) is 6.01. The molecule has 0 aliphatic heterocycles. The van der Waals surface area contributed by atoms with E-state index in [0.29, 0.717) is 10.6 Å². The minimum Gasteiger partial charge on any atom is -0.320 e. The minimum atomic E-state index is -0.165. The Labute approximate surface area is 160 Å². The van der Waals surface area contributed by atoms with Crippen LogP contribution in [-0.2, 0) is 6.42 Å². The van der Waals surface area contributed by atoms with Gasteiger partial charge in [-0.1, -0.05) is 30.3 Å². The van der Waals surface area contributed by atoms with Crippen LogP contribution in [0.3, 0.4) is 0 Å². The summed E-state index contributed by atoms with van der Waals surface area (Å²) in [5, 5.41) is 3.82. The Hall–Kier alpha value is -3.32. The van der Waals surface area contributed by atoms with Crippen LogP contribution in [0.2, 0.25) is 0 Å². The first-order valence-corrected chi connectivity index (χ1v) is 9.26. The van der Waals surface area contributed by atoms with E-state index in [9.17, 15) is 4.79 Å². The quantitative estimate of drug-likeness (QED) is 0.575. The van der Waals surface area contributed by atoms with Crippen molar-refractivity contribution in [3.8, 4) is 5.82 Å². The molecule has 1 amide bonds. The average Bonchev–Trinajstić information content (AvgIpc) is 3.33. The number of imidazole rings is 1. The minimum absolute atomic E-state index is 0.165. The summed E-state index contributed by atoms with van der Waals surface area (Å²) in [7, 11) is 0. The molecular weight excluding hydrogens is 358 g/mol. The largest absolute Gasteiger partial charge is 0.320 e. The summed E-state index contributed by atoms with van der Waals surface area (Å²) in [4.78, 5) is 26.1. The highest BCUT2D eigenvalue weighted by Crippen LogP contribution is 2.22. The lowest BCUT2D eigenvalue weighted by Gasteiger charge is -2.05. The summed E-state index contributed by atoms with van der Waals surface area (Å²) >= 11 is 1.43. The van der Waals surface area contributed by atoms with Gasteiger partial charge in [-0.3, -0.25) is 9.36 Å². The summed E-state index contributed by atoms with van der Waals surface area (Å²) in [6.45, 7) is 1.86. The number of carbonyl (C=O) groups excluding carboxylic acids is 1. The van der Waals surface area contributed by atoms with Gasteiger partial charge in [0.1, 0.15) is 17.0 Å². The van der Waals surface area contributed by atoms with Crippen LogP contribution in [0.1, 0.15) is 25.9 Å². The zero-order valence-corrected chi connectivity index (χ0v) is 15.5. The van der Waals surface area contributed by atoms with Gasteiger partial charge in [0.05, 0.1) is 22.6 Å². The normalized spacial score (nSPS) is 10.7. The van der Waals surface area contributed by atoms with Crippen LogP contribution in [-0.4, -0.2) is 25.4 Å². The fourth-order valence-electron chi connectivity index (χ4n) is 2.70. The van der Waals surface area contributed by atoms with E-state index < -0.39 is 0 Å². The number of hydrogen-bond acceptors (Lipinski definition) is 5. The Morgan fingerprint density at radius 2 is 2.04 bits per heavy atom. The van der Waals surface area contributed by atoms with Crippen LogP contribution in [0.25, 0.3) is 5.82 Å². The Morgan fingerprint density at radius 3 is 2.74 bits per heavy atom. The summed E-state index contributed by atoms with van der Waals surface area (Å²) in [6, 6.07) is 13.8. The van der Waals surface area contributed by atoms with Gasteiger partial charge in [-0.25, -0.2) is 15.0 Å². The van der Waals surface area contributed by atoms with Crippen molar-refractivity contribution in [3.05, 3.63) is 88.5 Å². The number of aromatic nitrogens is 4. The maximum absolute atomic E-state index is 12.6. The molecule has 0 radical (unpaired) electrons. The third kappa shape index (κ3) is 3.93. The lowest BCUT2D eigenvalue weighted by atomic mass is 10.2. The maximum Gasteiger partial charge on any atom is 0.267 e. The fraction of sp³-hybridized carbons (Fsp3) is 0.100. The van der Waals surface area contributed by atoms with Crippen molar-refractivity contribution in [1.29, 1.82) is 0 Å². The Kier molecular flexibility index (Phi) is 4.76. The SMILES string of the molecule is Cc1nc(Cc2ccccc2)sc1C(=O)Nc1ccc(-n2ccnc2)nc1. The van der Waals surface area contributed by atoms with Gasteiger partial charge < -0.3 is 5.32 Å². The molecule has 7 heteroatoms. The third-order valence-corrected chi connectivity index (χ3v) is 5.18. The number of hydrogen-bond donors (Lipinski definition) is 1. The van der Waals surface area contributed by atoms with Crippen molar-refractivity contribution < 1.29 is 4.79 Å². The molecular formula is C20H17N5OS. The van der Waals surface area contributed by atoms with E-state index in [1.54, 1.807) is 23.3 Å². The molecule has 0 saturated heterocycles. The molecule has 3 aromatic heterocycles. The number of carbonyl (C=O) groups is 1. The average molecular weight is 375 g/mol. The van der Waals surface area contributed by atoms with E-state index in [1.807, 2.05) is 43.5 Å². The molecule has 0 aliphatic rings. The number of nitrogens with zero attached hydrogens (tertiary/aromatic N) is 4. The summed E-state index contributed by atoms with van der Waals surface area (Å²) in [6.07, 6.45) is 7.54. The predicted octanol–water partition coefficient (Wildman–Crippen LogP) is 3.88. The number of benzene rings is 1. The van der Waals surface area contributed by atoms with E-state index in [0.717, 1.165) is 22.9 Å². The molecule has 0 fully saturated rings. The Bertz CT molecular complexity index is 1040. The summed E-state index contributed by atoms with van der Waals surface area (Å²) in [5.74, 6) is 0.575. The number of thiazole rings is 1. The molecule has 4 rings (SSSR count). The van der Waals surface area contributed by atoms with E-state index in [1.165, 1.54) is 16.9 Å². The van der Waals surface area contributed by atoms with Gasteiger partial charge in [-0.05, 0) is 24.6 Å². The standard InChI is InChI=1S/C20H17N5OS/c1-14-19(27-18(23-14)11-15-5-3-2-4-6-15)20(26)24-16-7-8-17(22-12-16)25-10-9-21-13-25/h2-10,12-13H,11H2,1H3,(H,24,26). The molecule has 134 valence electrons. The van der Waals surface area contributed by atoms with Crippen LogP contribution in [0, 0.1) is 6.92 Å². The van der Waals surface area contributed by atoms with Gasteiger partial charge in [0, 0.05) is 18.8 Å². The second kappa shape index (κ2) is 7.51. The van der Waals surface area contributed by atoms with Gasteiger partial charge in [-0.15, -0.1) is 11.3 Å². The molecule has 1 N–H and O–H groups in total. The Morgan fingerprint density at radius 1 is 1.19 bits per heavy atom. The van der Waals surface area contributed by atoms with Crippen LogP contribution in [0.4, 0.5) is 5.69 Å². The third-order valence-electron chi connectivity index (χ3n) is 4.02. The van der Waals surface area contributed by atoms with Crippen molar-refractivity contribution in [2.45, 2.75) is 13.3 Å². The smallest absolute Gasteiger partial charge is 0.267 e. The van der Waals surface area contributed by atoms with Crippen LogP contribution >= 0.6 is 11.3 Å². The molecule has 0 saturated carbocycles. The van der Waals surface area contributed by atoms with E-state index >= 15 is 0 Å². The number of anilines is 1. The van der Waals surface area contributed by atoms with Crippen molar-refractivity contribution >= 4 is 22.9 Å². The van der Waals surface area contributed by atoms with Crippen molar-refractivity contribution in [2.24, 2.45) is 0 Å². The van der Waals surface area contributed by atoms with Crippen molar-refractivity contribution in [3.63, 3.8) is 0 Å². The molecule has 0 atom stereocenters. The monoisotopic (exact) mass is 375 g/mol. The first-order chi connectivity index (χ1) is 13.2. The zero-order chi connectivity index (χ0) is 18.6. The number of rotatable bonds is 5. The highest BCUT2D eigenvalue weighted by atomic mass is 32.1. The highest BCUT2D eigenvalue weighted by molar-refractivity contribution is 7.14. The number of amides is 1. The molecule has 0 unspecified atom stereocenters. The number of nitrogens with one attached hydrogen (secondary N) is 1. The molecule has 0 aliphatic carbocycles. The van der Waals surface area contributed by atoms with Gasteiger partial charge in [0.2, 0.25) is 0 Å². The van der Waals surface area contributed by atoms with E-state index in [-0.39, 0.29) is 5.91 Å². The second-order valence-corrected chi connectivity index (χ2v) is 7.10. The molecule has 4 aromatic rings. The molecule has 6 nitrogen and oxygen atoms in total. The van der Waals surface area contributed by atoms with Crippen LogP contribution in [0.5, 0.6) is 0 Å². The molecule has 27 heavy (non-hydrogen) atoms. The van der Waals surface area contributed by atoms with E-state index in [4.69, 9.17) is 0 Å². The van der Waals surface area contributed by atoms with Gasteiger partial charge in [-0.2, -0.15) is 0 Å². The molecule has 0 spiro atoms. The lowest BCUT2D eigenvalue weighted by Crippen LogP contribution is -2.12. The summed E-state index contributed by atoms with van der Waals surface area (Å²) in [5.41, 5.74) is 2.56. The molecule has 1 aromatic carbocycles. The molecule has 0 bridgehead atoms. The molecule has 3 heterocycles. The maximum atomic E-state index is 12.6. The van der Waals surface area contributed by atoms with Gasteiger partial charge in [0.15, 0.2) is 0 Å². The van der Waals surface area contributed by atoms with Crippen molar-refractivity contribution in [1.82, 2.24) is 19.5 Å². The highest BCUT2D eigenvalue weighted by Gasteiger charge is 2.16. The first kappa shape index (κ1) is 17.1. The van der Waals surface area contributed by atoms with Gasteiger partial charge in [0.25, 0.3) is 5.91 Å². The predicted molar refractivity (Wildman–Crippen MR) is 105 cm³/mol. The van der Waals surface area contributed by atoms with Crippen LogP contribution < -0.4 is 5.32 Å². The van der Waals surface area contributed by atoms with Gasteiger partial charge >= 0.3 is 0 Å². The lowest BCUT2D eigenvalue weighted by molar-refractivity contribution is 0.103.